The van der Waals surface area contributed by atoms with Gasteiger partial charge in [-0.25, -0.2) is 0 Å². The van der Waals surface area contributed by atoms with Crippen LogP contribution in [-0.2, 0) is 9.47 Å². The van der Waals surface area contributed by atoms with Crippen molar-refractivity contribution in [3.05, 3.63) is 0 Å². The van der Waals surface area contributed by atoms with Gasteiger partial charge in [-0.2, -0.15) is 0 Å². The summed E-state index contributed by atoms with van der Waals surface area (Å²) in [6, 6.07) is 0. The molecule has 0 amide bonds. The molecule has 1 rings (SSSR count). The fourth-order valence-corrected chi connectivity index (χ4v) is 1.10. The maximum Gasteiger partial charge on any atom is 0.158 e. The molecule has 2 heteroatoms. The summed E-state index contributed by atoms with van der Waals surface area (Å²) < 4.78 is 11.0. The van der Waals surface area contributed by atoms with Crippen molar-refractivity contribution in [3.8, 4) is 0 Å². The first-order valence-electron chi connectivity index (χ1n) is 3.93. The lowest BCUT2D eigenvalue weighted by atomic mass is 10.2. The van der Waals surface area contributed by atoms with Crippen LogP contribution in [0.25, 0.3) is 0 Å². The summed E-state index contributed by atoms with van der Waals surface area (Å²) in [5.41, 5.74) is -0.0557. The molecule has 0 spiro atoms. The lowest BCUT2D eigenvalue weighted by Gasteiger charge is -2.15. The first kappa shape index (κ1) is 8.02. The monoisotopic (exact) mass is 144 g/mol. The molecule has 1 heterocycles. The Morgan fingerprint density at radius 3 is 2.60 bits per heavy atom. The zero-order valence-electron chi connectivity index (χ0n) is 7.02. The molecule has 1 atom stereocenters. The van der Waals surface area contributed by atoms with Crippen LogP contribution in [0.2, 0.25) is 0 Å². The normalized spacial score (nSPS) is 30.9. The lowest BCUT2D eigenvalue weighted by Crippen LogP contribution is -2.22. The van der Waals surface area contributed by atoms with E-state index in [1.165, 1.54) is 0 Å². The quantitative estimate of drug-likeness (QED) is 0.589. The van der Waals surface area contributed by atoms with Crippen LogP contribution >= 0.6 is 0 Å². The molecule has 1 fully saturated rings. The highest BCUT2D eigenvalue weighted by Crippen LogP contribution is 2.24. The van der Waals surface area contributed by atoms with Gasteiger partial charge < -0.3 is 9.47 Å². The summed E-state index contributed by atoms with van der Waals surface area (Å²) in [5, 5.41) is 0. The van der Waals surface area contributed by atoms with Crippen molar-refractivity contribution in [2.75, 3.05) is 6.61 Å². The molecule has 0 radical (unpaired) electrons. The molecule has 0 aromatic carbocycles. The van der Waals surface area contributed by atoms with Gasteiger partial charge >= 0.3 is 0 Å². The molecular formula is C8H16O2. The van der Waals surface area contributed by atoms with Crippen LogP contribution in [0.5, 0.6) is 0 Å². The molecule has 0 saturated carbocycles. The average molecular weight is 144 g/mol. The van der Waals surface area contributed by atoms with Crippen LogP contribution in [0.4, 0.5) is 0 Å². The maximum absolute atomic E-state index is 5.57. The van der Waals surface area contributed by atoms with Gasteiger partial charge in [0.25, 0.3) is 0 Å². The van der Waals surface area contributed by atoms with Crippen molar-refractivity contribution in [1.82, 2.24) is 0 Å². The molecule has 1 aliphatic heterocycles. The first-order chi connectivity index (χ1) is 4.64. The smallest absolute Gasteiger partial charge is 0.158 e. The zero-order valence-corrected chi connectivity index (χ0v) is 7.02. The Hall–Kier alpha value is -0.0800. The average Bonchev–Trinajstić information content (AvgIpc) is 2.12. The van der Waals surface area contributed by atoms with Gasteiger partial charge in [-0.05, 0) is 20.3 Å². The van der Waals surface area contributed by atoms with Crippen molar-refractivity contribution >= 4 is 0 Å². The van der Waals surface area contributed by atoms with E-state index in [1.54, 1.807) is 0 Å². The molecule has 1 unspecified atom stereocenters. The third-order valence-corrected chi connectivity index (χ3v) is 1.59. The van der Waals surface area contributed by atoms with Gasteiger partial charge in [-0.15, -0.1) is 0 Å². The molecular weight excluding hydrogens is 128 g/mol. The Morgan fingerprint density at radius 2 is 2.20 bits per heavy atom. The van der Waals surface area contributed by atoms with Crippen LogP contribution < -0.4 is 0 Å². The van der Waals surface area contributed by atoms with E-state index in [-0.39, 0.29) is 11.9 Å². The molecule has 0 aliphatic carbocycles. The summed E-state index contributed by atoms with van der Waals surface area (Å²) in [7, 11) is 0. The molecule has 60 valence electrons. The summed E-state index contributed by atoms with van der Waals surface area (Å²) in [6.07, 6.45) is 2.20. The van der Waals surface area contributed by atoms with Crippen LogP contribution in [0.1, 0.15) is 33.6 Å². The molecule has 1 aliphatic rings. The Balaban J connectivity index is 2.29. The molecule has 0 bridgehead atoms. The van der Waals surface area contributed by atoms with Crippen molar-refractivity contribution in [3.63, 3.8) is 0 Å². The van der Waals surface area contributed by atoms with Crippen LogP contribution in [-0.4, -0.2) is 18.5 Å². The van der Waals surface area contributed by atoms with E-state index in [2.05, 4.69) is 20.8 Å². The van der Waals surface area contributed by atoms with Gasteiger partial charge in [-0.3, -0.25) is 0 Å². The molecule has 1 saturated heterocycles. The standard InChI is InChI=1S/C8H16O2/c1-4-5-7-9-6-8(2,3)10-7/h7H,4-6H2,1-3H3. The van der Waals surface area contributed by atoms with Crippen molar-refractivity contribution in [1.29, 1.82) is 0 Å². The van der Waals surface area contributed by atoms with E-state index in [4.69, 9.17) is 9.47 Å². The highest BCUT2D eigenvalue weighted by Gasteiger charge is 2.31. The Kier molecular flexibility index (Phi) is 2.32. The SMILES string of the molecule is CCCC1OCC(C)(C)O1. The molecule has 0 N–H and O–H groups in total. The minimum atomic E-state index is -0.0557. The third-order valence-electron chi connectivity index (χ3n) is 1.59. The highest BCUT2D eigenvalue weighted by atomic mass is 16.7. The number of hydrogen-bond acceptors (Lipinski definition) is 2. The van der Waals surface area contributed by atoms with Gasteiger partial charge in [0.2, 0.25) is 0 Å². The predicted molar refractivity (Wildman–Crippen MR) is 39.8 cm³/mol. The second-order valence-electron chi connectivity index (χ2n) is 3.41. The number of rotatable bonds is 2. The van der Waals surface area contributed by atoms with E-state index in [9.17, 15) is 0 Å². The van der Waals surface area contributed by atoms with Gasteiger partial charge in [0.05, 0.1) is 12.2 Å². The Morgan fingerprint density at radius 1 is 1.50 bits per heavy atom. The van der Waals surface area contributed by atoms with Crippen molar-refractivity contribution < 1.29 is 9.47 Å². The minimum Gasteiger partial charge on any atom is -0.350 e. The summed E-state index contributed by atoms with van der Waals surface area (Å²) in [5.74, 6) is 0. The number of hydrogen-bond donors (Lipinski definition) is 0. The van der Waals surface area contributed by atoms with Crippen molar-refractivity contribution in [2.45, 2.75) is 45.5 Å². The predicted octanol–water partition coefficient (Wildman–Crippen LogP) is 1.94. The van der Waals surface area contributed by atoms with Crippen LogP contribution in [0.3, 0.4) is 0 Å². The fourth-order valence-electron chi connectivity index (χ4n) is 1.10. The third kappa shape index (κ3) is 1.96. The van der Waals surface area contributed by atoms with Gasteiger partial charge in [0, 0.05) is 0 Å². The van der Waals surface area contributed by atoms with E-state index in [0.29, 0.717) is 0 Å². The first-order valence-corrected chi connectivity index (χ1v) is 3.93. The summed E-state index contributed by atoms with van der Waals surface area (Å²) in [6.45, 7) is 6.99. The molecule has 2 nitrogen and oxygen atoms in total. The van der Waals surface area contributed by atoms with E-state index >= 15 is 0 Å². The Labute approximate surface area is 62.5 Å². The molecule has 10 heavy (non-hydrogen) atoms. The maximum atomic E-state index is 5.57. The number of ether oxygens (including phenoxy) is 2. The Bertz CT molecular complexity index is 110. The molecule has 0 aromatic rings. The van der Waals surface area contributed by atoms with Crippen LogP contribution in [0.15, 0.2) is 0 Å². The molecule has 0 aromatic heterocycles. The largest absolute Gasteiger partial charge is 0.350 e. The van der Waals surface area contributed by atoms with E-state index < -0.39 is 0 Å². The zero-order chi connectivity index (χ0) is 7.61. The lowest BCUT2D eigenvalue weighted by molar-refractivity contribution is -0.0822. The second-order valence-corrected chi connectivity index (χ2v) is 3.41. The van der Waals surface area contributed by atoms with Crippen molar-refractivity contribution in [2.24, 2.45) is 0 Å². The van der Waals surface area contributed by atoms with Gasteiger partial charge in [0.15, 0.2) is 6.29 Å². The minimum absolute atomic E-state index is 0.0556. The van der Waals surface area contributed by atoms with Gasteiger partial charge in [0.1, 0.15) is 0 Å². The highest BCUT2D eigenvalue weighted by molar-refractivity contribution is 4.73. The van der Waals surface area contributed by atoms with Gasteiger partial charge in [-0.1, -0.05) is 13.3 Å². The van der Waals surface area contributed by atoms with E-state index in [1.807, 2.05) is 0 Å². The van der Waals surface area contributed by atoms with Crippen LogP contribution in [0, 0.1) is 0 Å². The second kappa shape index (κ2) is 2.89. The summed E-state index contributed by atoms with van der Waals surface area (Å²) in [4.78, 5) is 0. The fraction of sp³-hybridized carbons (Fsp3) is 1.00. The van der Waals surface area contributed by atoms with E-state index in [0.717, 1.165) is 19.4 Å². The summed E-state index contributed by atoms with van der Waals surface area (Å²) >= 11 is 0. The topological polar surface area (TPSA) is 18.5 Å².